The van der Waals surface area contributed by atoms with E-state index in [0.29, 0.717) is 10.2 Å². The van der Waals surface area contributed by atoms with Gasteiger partial charge in [-0.2, -0.15) is 0 Å². The molecule has 0 aliphatic carbocycles. The lowest BCUT2D eigenvalue weighted by Gasteiger charge is -2.13. The first-order chi connectivity index (χ1) is 9.92. The zero-order valence-corrected chi connectivity index (χ0v) is 12.3. The third kappa shape index (κ3) is 3.29. The summed E-state index contributed by atoms with van der Waals surface area (Å²) in [5, 5.41) is 20.5. The second-order valence-corrected chi connectivity index (χ2v) is 5.15. The number of β-amino-alcohol motifs (C(OH)–C–C–N with tert-alkyl or cyclic N) is 1. The standard InChI is InChI=1S/C13H11BrN2O5/c14-8-3-7(13(20)21)4-9(5-8)15-10-6-11(18)16(1-2-17)12(10)19/h3-6,15,17H,1-2H2,(H,20,21). The molecule has 1 aromatic rings. The Morgan fingerprint density at radius 1 is 1.29 bits per heavy atom. The van der Waals surface area contributed by atoms with Gasteiger partial charge in [0.25, 0.3) is 11.8 Å². The maximum absolute atomic E-state index is 11.9. The number of amides is 2. The van der Waals surface area contributed by atoms with Crippen LogP contribution in [0.15, 0.2) is 34.4 Å². The van der Waals surface area contributed by atoms with Gasteiger partial charge in [-0.15, -0.1) is 0 Å². The number of anilines is 1. The summed E-state index contributed by atoms with van der Waals surface area (Å²) in [5.41, 5.74) is 0.430. The molecule has 0 unspecified atom stereocenters. The molecular formula is C13H11BrN2O5. The lowest BCUT2D eigenvalue weighted by molar-refractivity contribution is -0.137. The molecule has 1 heterocycles. The van der Waals surface area contributed by atoms with Gasteiger partial charge in [-0.3, -0.25) is 14.5 Å². The van der Waals surface area contributed by atoms with Crippen LogP contribution in [0.3, 0.4) is 0 Å². The van der Waals surface area contributed by atoms with Gasteiger partial charge in [0.1, 0.15) is 5.70 Å². The summed E-state index contributed by atoms with van der Waals surface area (Å²) in [7, 11) is 0. The van der Waals surface area contributed by atoms with Gasteiger partial charge in [0.05, 0.1) is 18.7 Å². The van der Waals surface area contributed by atoms with Gasteiger partial charge >= 0.3 is 5.97 Å². The summed E-state index contributed by atoms with van der Waals surface area (Å²) in [6, 6.07) is 4.35. The highest BCUT2D eigenvalue weighted by Crippen LogP contribution is 2.23. The fourth-order valence-electron chi connectivity index (χ4n) is 1.85. The van der Waals surface area contributed by atoms with Gasteiger partial charge in [0.2, 0.25) is 0 Å². The largest absolute Gasteiger partial charge is 0.478 e. The summed E-state index contributed by atoms with van der Waals surface area (Å²) in [5.74, 6) is -2.19. The molecule has 0 atom stereocenters. The summed E-state index contributed by atoms with van der Waals surface area (Å²) < 4.78 is 0.523. The van der Waals surface area contributed by atoms with Crippen molar-refractivity contribution in [2.75, 3.05) is 18.5 Å². The molecule has 8 heteroatoms. The van der Waals surface area contributed by atoms with Crippen LogP contribution in [0.4, 0.5) is 5.69 Å². The monoisotopic (exact) mass is 354 g/mol. The van der Waals surface area contributed by atoms with Crippen LogP contribution >= 0.6 is 15.9 Å². The van der Waals surface area contributed by atoms with Gasteiger partial charge < -0.3 is 15.5 Å². The highest BCUT2D eigenvalue weighted by Gasteiger charge is 2.30. The number of nitrogens with zero attached hydrogens (tertiary/aromatic N) is 1. The lowest BCUT2D eigenvalue weighted by Crippen LogP contribution is -2.34. The molecule has 0 radical (unpaired) electrons. The zero-order chi connectivity index (χ0) is 15.6. The first kappa shape index (κ1) is 15.2. The van der Waals surface area contributed by atoms with E-state index in [0.717, 1.165) is 11.0 Å². The Kier molecular flexibility index (Phi) is 4.39. The number of rotatable bonds is 5. The molecule has 7 nitrogen and oxygen atoms in total. The van der Waals surface area contributed by atoms with Crippen molar-refractivity contribution in [2.45, 2.75) is 0 Å². The van der Waals surface area contributed by atoms with Gasteiger partial charge in [-0.1, -0.05) is 15.9 Å². The number of benzene rings is 1. The number of aromatic carboxylic acids is 1. The maximum atomic E-state index is 11.9. The van der Waals surface area contributed by atoms with E-state index in [1.807, 2.05) is 0 Å². The van der Waals surface area contributed by atoms with E-state index in [1.165, 1.54) is 12.1 Å². The first-order valence-electron chi connectivity index (χ1n) is 5.91. The molecule has 110 valence electrons. The van der Waals surface area contributed by atoms with Gasteiger partial charge in [-0.25, -0.2) is 4.79 Å². The number of hydrogen-bond acceptors (Lipinski definition) is 5. The van der Waals surface area contributed by atoms with Crippen LogP contribution in [-0.4, -0.2) is 46.0 Å². The fraction of sp³-hybridized carbons (Fsp3) is 0.154. The number of imide groups is 1. The van der Waals surface area contributed by atoms with Crippen molar-refractivity contribution < 1.29 is 24.6 Å². The van der Waals surface area contributed by atoms with Crippen molar-refractivity contribution in [1.82, 2.24) is 4.90 Å². The predicted molar refractivity (Wildman–Crippen MR) is 76.6 cm³/mol. The van der Waals surface area contributed by atoms with Crippen LogP contribution in [0.5, 0.6) is 0 Å². The highest BCUT2D eigenvalue weighted by molar-refractivity contribution is 9.10. The van der Waals surface area contributed by atoms with Crippen molar-refractivity contribution in [3.8, 4) is 0 Å². The number of aliphatic hydroxyl groups is 1. The molecule has 1 aromatic carbocycles. The number of aliphatic hydroxyl groups excluding tert-OH is 1. The molecule has 0 bridgehead atoms. The number of halogens is 1. The van der Waals surface area contributed by atoms with E-state index < -0.39 is 17.8 Å². The van der Waals surface area contributed by atoms with Crippen LogP contribution in [0, 0.1) is 0 Å². The SMILES string of the molecule is O=C(O)c1cc(Br)cc(NC2=CC(=O)N(CCO)C2=O)c1. The minimum atomic E-state index is -1.11. The molecule has 2 amide bonds. The van der Waals surface area contributed by atoms with Crippen molar-refractivity contribution >= 4 is 39.4 Å². The Morgan fingerprint density at radius 3 is 2.62 bits per heavy atom. The van der Waals surface area contributed by atoms with Crippen LogP contribution in [0.2, 0.25) is 0 Å². The van der Waals surface area contributed by atoms with Crippen LogP contribution in [-0.2, 0) is 9.59 Å². The number of carbonyl (C=O) groups is 3. The molecule has 2 rings (SSSR count). The Bertz CT molecular complexity index is 656. The Labute approximate surface area is 128 Å². The number of carboxylic acid groups (broad SMARTS) is 1. The summed E-state index contributed by atoms with van der Waals surface area (Å²) in [6.07, 6.45) is 1.11. The lowest BCUT2D eigenvalue weighted by atomic mass is 10.2. The quantitative estimate of drug-likeness (QED) is 0.675. The molecule has 3 N–H and O–H groups in total. The van der Waals surface area contributed by atoms with E-state index >= 15 is 0 Å². The van der Waals surface area contributed by atoms with Gasteiger partial charge in [0, 0.05) is 16.2 Å². The molecule has 0 saturated heterocycles. The Morgan fingerprint density at radius 2 is 2.00 bits per heavy atom. The fourth-order valence-corrected chi connectivity index (χ4v) is 2.34. The molecular weight excluding hydrogens is 344 g/mol. The third-order valence-corrected chi connectivity index (χ3v) is 3.21. The van der Waals surface area contributed by atoms with Crippen molar-refractivity contribution in [1.29, 1.82) is 0 Å². The number of hydrogen-bond donors (Lipinski definition) is 3. The maximum Gasteiger partial charge on any atom is 0.335 e. The second kappa shape index (κ2) is 6.06. The predicted octanol–water partition coefficient (Wildman–Crippen LogP) is 0.804. The number of nitrogens with one attached hydrogen (secondary N) is 1. The smallest absolute Gasteiger partial charge is 0.335 e. The van der Waals surface area contributed by atoms with Crippen LogP contribution < -0.4 is 5.32 Å². The molecule has 1 aliphatic heterocycles. The normalized spacial score (nSPS) is 14.4. The number of carboxylic acids is 1. The average Bonchev–Trinajstić information content (AvgIpc) is 2.66. The van der Waals surface area contributed by atoms with E-state index in [4.69, 9.17) is 10.2 Å². The summed E-state index contributed by atoms with van der Waals surface area (Å²) in [6.45, 7) is -0.406. The first-order valence-corrected chi connectivity index (χ1v) is 6.71. The molecule has 0 aromatic heterocycles. The third-order valence-electron chi connectivity index (χ3n) is 2.76. The Hall–Kier alpha value is -2.19. The van der Waals surface area contributed by atoms with Crippen molar-refractivity contribution in [2.24, 2.45) is 0 Å². The van der Waals surface area contributed by atoms with Crippen LogP contribution in [0.25, 0.3) is 0 Å². The Balaban J connectivity index is 2.23. The summed E-state index contributed by atoms with van der Waals surface area (Å²) in [4.78, 5) is 35.4. The molecule has 21 heavy (non-hydrogen) atoms. The van der Waals surface area contributed by atoms with Crippen molar-refractivity contribution in [3.05, 3.63) is 40.0 Å². The minimum Gasteiger partial charge on any atom is -0.478 e. The van der Waals surface area contributed by atoms with E-state index in [-0.39, 0.29) is 24.4 Å². The van der Waals surface area contributed by atoms with E-state index in [2.05, 4.69) is 21.2 Å². The topological polar surface area (TPSA) is 107 Å². The molecule has 0 saturated carbocycles. The van der Waals surface area contributed by atoms with E-state index in [9.17, 15) is 14.4 Å². The van der Waals surface area contributed by atoms with Crippen LogP contribution in [0.1, 0.15) is 10.4 Å². The average molecular weight is 355 g/mol. The minimum absolute atomic E-state index is 0.0305. The van der Waals surface area contributed by atoms with Gasteiger partial charge in [-0.05, 0) is 18.2 Å². The highest BCUT2D eigenvalue weighted by atomic mass is 79.9. The zero-order valence-electron chi connectivity index (χ0n) is 10.7. The number of carbonyl (C=O) groups excluding carboxylic acids is 2. The summed E-state index contributed by atoms with van der Waals surface area (Å²) >= 11 is 3.18. The molecule has 1 aliphatic rings. The van der Waals surface area contributed by atoms with Crippen molar-refractivity contribution in [3.63, 3.8) is 0 Å². The van der Waals surface area contributed by atoms with Gasteiger partial charge in [0.15, 0.2) is 0 Å². The van der Waals surface area contributed by atoms with E-state index in [1.54, 1.807) is 6.07 Å². The molecule has 0 fully saturated rings. The second-order valence-electron chi connectivity index (χ2n) is 4.24. The molecule has 0 spiro atoms.